The number of benzene rings is 1. The van der Waals surface area contributed by atoms with Crippen LogP contribution in [-0.2, 0) is 0 Å². The third-order valence-corrected chi connectivity index (χ3v) is 3.52. The van der Waals surface area contributed by atoms with Gasteiger partial charge in [0.1, 0.15) is 5.69 Å². The number of aromatic amines is 1. The van der Waals surface area contributed by atoms with Crippen LogP contribution >= 0.6 is 0 Å². The quantitative estimate of drug-likeness (QED) is 0.555. The second kappa shape index (κ2) is 3.84. The molecule has 0 radical (unpaired) electrons. The van der Waals surface area contributed by atoms with Crippen LogP contribution in [0.4, 0.5) is 0 Å². The summed E-state index contributed by atoms with van der Waals surface area (Å²) in [4.78, 5) is 11.9. The van der Waals surface area contributed by atoms with Gasteiger partial charge in [-0.3, -0.25) is 9.38 Å². The molecule has 3 aromatic heterocycles. The van der Waals surface area contributed by atoms with E-state index in [4.69, 9.17) is 0 Å². The Morgan fingerprint density at radius 3 is 3.00 bits per heavy atom. The Labute approximate surface area is 114 Å². The maximum absolute atomic E-state index is 10.00. The van der Waals surface area contributed by atoms with E-state index in [1.807, 2.05) is 30.5 Å². The number of nitrogens with zero attached hydrogens (tertiary/aromatic N) is 3. The van der Waals surface area contributed by atoms with Gasteiger partial charge in [-0.1, -0.05) is 18.2 Å². The number of hydrogen-bond donors (Lipinski definition) is 2. The summed E-state index contributed by atoms with van der Waals surface area (Å²) in [5.74, 6) is 0.156. The van der Waals surface area contributed by atoms with Gasteiger partial charge in [0.05, 0.1) is 11.9 Å². The van der Waals surface area contributed by atoms with E-state index in [9.17, 15) is 5.11 Å². The van der Waals surface area contributed by atoms with E-state index in [1.165, 1.54) is 0 Å². The van der Waals surface area contributed by atoms with Gasteiger partial charge in [0, 0.05) is 28.9 Å². The largest absolute Gasteiger partial charge is 0.493 e. The minimum atomic E-state index is 0.156. The van der Waals surface area contributed by atoms with Crippen LogP contribution in [0.2, 0.25) is 0 Å². The lowest BCUT2D eigenvalue weighted by Gasteiger charge is -2.01. The molecule has 0 spiro atoms. The lowest BCUT2D eigenvalue weighted by atomic mass is 10.1. The van der Waals surface area contributed by atoms with Crippen molar-refractivity contribution in [1.29, 1.82) is 0 Å². The maximum Gasteiger partial charge on any atom is 0.219 e. The number of hydrogen-bond acceptors (Lipinski definition) is 3. The Morgan fingerprint density at radius 2 is 2.10 bits per heavy atom. The van der Waals surface area contributed by atoms with Crippen molar-refractivity contribution in [3.63, 3.8) is 0 Å². The Balaban J connectivity index is 2.00. The van der Waals surface area contributed by atoms with Crippen molar-refractivity contribution >= 4 is 16.6 Å². The molecule has 5 nitrogen and oxygen atoms in total. The Morgan fingerprint density at radius 1 is 1.25 bits per heavy atom. The van der Waals surface area contributed by atoms with Gasteiger partial charge in [-0.15, -0.1) is 0 Å². The van der Waals surface area contributed by atoms with Gasteiger partial charge < -0.3 is 10.1 Å². The first kappa shape index (κ1) is 11.0. The zero-order valence-corrected chi connectivity index (χ0v) is 10.8. The molecule has 0 amide bonds. The highest BCUT2D eigenvalue weighted by Gasteiger charge is 2.11. The molecule has 0 bridgehead atoms. The molecule has 0 aliphatic rings. The number of aromatic nitrogens is 4. The number of rotatable bonds is 1. The molecule has 20 heavy (non-hydrogen) atoms. The van der Waals surface area contributed by atoms with Crippen LogP contribution in [0.5, 0.6) is 5.88 Å². The summed E-state index contributed by atoms with van der Waals surface area (Å²) < 4.78 is 1.65. The number of fused-ring (bicyclic) bond motifs is 2. The molecule has 98 valence electrons. The summed E-state index contributed by atoms with van der Waals surface area (Å²) in [5.41, 5.74) is 4.11. The Bertz CT molecular complexity index is 936. The van der Waals surface area contributed by atoms with Gasteiger partial charge in [-0.25, -0.2) is 4.98 Å². The molecule has 0 aliphatic heterocycles. The third kappa shape index (κ3) is 1.43. The van der Waals surface area contributed by atoms with E-state index in [0.29, 0.717) is 11.3 Å². The minimum absolute atomic E-state index is 0.156. The second-order valence-corrected chi connectivity index (χ2v) is 4.77. The van der Waals surface area contributed by atoms with Crippen LogP contribution < -0.4 is 0 Å². The predicted octanol–water partition coefficient (Wildman–Crippen LogP) is 2.89. The molecule has 2 N–H and O–H groups in total. The van der Waals surface area contributed by atoms with E-state index in [-0.39, 0.29) is 5.88 Å². The number of para-hydroxylation sites is 1. The highest BCUT2D eigenvalue weighted by molar-refractivity contribution is 5.94. The van der Waals surface area contributed by atoms with Crippen molar-refractivity contribution in [2.24, 2.45) is 0 Å². The number of imidazole rings is 1. The first-order chi connectivity index (χ1) is 9.74. The molecule has 0 unspecified atom stereocenters. The van der Waals surface area contributed by atoms with Crippen LogP contribution in [-0.4, -0.2) is 24.5 Å². The average molecular weight is 264 g/mol. The molecule has 1 aromatic carbocycles. The van der Waals surface area contributed by atoms with E-state index in [0.717, 1.165) is 22.2 Å². The van der Waals surface area contributed by atoms with E-state index in [1.54, 1.807) is 23.7 Å². The third-order valence-electron chi connectivity index (χ3n) is 3.52. The van der Waals surface area contributed by atoms with Crippen molar-refractivity contribution in [2.75, 3.05) is 0 Å². The maximum atomic E-state index is 10.00. The average Bonchev–Trinajstić information content (AvgIpc) is 3.01. The topological polar surface area (TPSA) is 66.2 Å². The number of nitrogens with one attached hydrogen (secondary N) is 1. The first-order valence-corrected chi connectivity index (χ1v) is 6.34. The van der Waals surface area contributed by atoms with Crippen LogP contribution in [0.1, 0.15) is 5.69 Å². The fourth-order valence-corrected chi connectivity index (χ4v) is 2.48. The van der Waals surface area contributed by atoms with Crippen LogP contribution in [0.3, 0.4) is 0 Å². The zero-order chi connectivity index (χ0) is 13.7. The lowest BCUT2D eigenvalue weighted by molar-refractivity contribution is 0.444. The van der Waals surface area contributed by atoms with Gasteiger partial charge in [0.25, 0.3) is 0 Å². The summed E-state index contributed by atoms with van der Waals surface area (Å²) in [6.07, 6.45) is 5.41. The smallest absolute Gasteiger partial charge is 0.219 e. The van der Waals surface area contributed by atoms with Gasteiger partial charge in [0.2, 0.25) is 5.88 Å². The van der Waals surface area contributed by atoms with Crippen molar-refractivity contribution in [1.82, 2.24) is 19.4 Å². The summed E-state index contributed by atoms with van der Waals surface area (Å²) in [6.45, 7) is 1.77. The monoisotopic (exact) mass is 264 g/mol. The van der Waals surface area contributed by atoms with E-state index in [2.05, 4.69) is 15.0 Å². The Kier molecular flexibility index (Phi) is 2.12. The summed E-state index contributed by atoms with van der Waals surface area (Å²) in [5, 5.41) is 11.1. The SMILES string of the molecule is Cc1nc2cnc(-c3c[nH]c4ccccc34)cn2c1O. The molecule has 0 atom stereocenters. The van der Waals surface area contributed by atoms with Crippen molar-refractivity contribution in [3.8, 4) is 17.1 Å². The highest BCUT2D eigenvalue weighted by Crippen LogP contribution is 2.28. The van der Waals surface area contributed by atoms with Crippen molar-refractivity contribution in [3.05, 3.63) is 48.5 Å². The molecule has 4 aromatic rings. The molecule has 0 fully saturated rings. The number of aromatic hydroxyl groups is 1. The van der Waals surface area contributed by atoms with Crippen molar-refractivity contribution in [2.45, 2.75) is 6.92 Å². The van der Waals surface area contributed by atoms with Crippen LogP contribution in [0, 0.1) is 6.92 Å². The highest BCUT2D eigenvalue weighted by atomic mass is 16.3. The number of aryl methyl sites for hydroxylation is 1. The normalized spacial score (nSPS) is 11.4. The Hall–Kier alpha value is -2.82. The van der Waals surface area contributed by atoms with Gasteiger partial charge in [0.15, 0.2) is 5.65 Å². The lowest BCUT2D eigenvalue weighted by Crippen LogP contribution is -1.89. The van der Waals surface area contributed by atoms with Gasteiger partial charge in [-0.05, 0) is 13.0 Å². The van der Waals surface area contributed by atoms with Gasteiger partial charge >= 0.3 is 0 Å². The molecule has 3 heterocycles. The second-order valence-electron chi connectivity index (χ2n) is 4.77. The standard InChI is InChI=1S/C15H12N4O/c1-9-15(20)19-8-13(17-7-14(19)18-9)11-6-16-12-5-3-2-4-10(11)12/h2-8,16,20H,1H3. The molecule has 4 rings (SSSR count). The molecular formula is C15H12N4O. The minimum Gasteiger partial charge on any atom is -0.493 e. The molecule has 0 aliphatic carbocycles. The molecule has 5 heteroatoms. The van der Waals surface area contributed by atoms with Gasteiger partial charge in [-0.2, -0.15) is 0 Å². The van der Waals surface area contributed by atoms with Crippen molar-refractivity contribution < 1.29 is 5.11 Å². The number of H-pyrrole nitrogens is 1. The summed E-state index contributed by atoms with van der Waals surface area (Å²) in [6, 6.07) is 8.06. The van der Waals surface area contributed by atoms with E-state index < -0.39 is 0 Å². The van der Waals surface area contributed by atoms with Crippen LogP contribution in [0.15, 0.2) is 42.9 Å². The van der Waals surface area contributed by atoms with E-state index >= 15 is 0 Å². The molecular weight excluding hydrogens is 252 g/mol. The molecule has 0 saturated heterocycles. The predicted molar refractivity (Wildman–Crippen MR) is 76.7 cm³/mol. The summed E-state index contributed by atoms with van der Waals surface area (Å²) in [7, 11) is 0. The zero-order valence-electron chi connectivity index (χ0n) is 10.8. The first-order valence-electron chi connectivity index (χ1n) is 6.34. The summed E-state index contributed by atoms with van der Waals surface area (Å²) >= 11 is 0. The molecule has 0 saturated carbocycles. The fraction of sp³-hybridized carbons (Fsp3) is 0.0667. The van der Waals surface area contributed by atoms with Crippen LogP contribution in [0.25, 0.3) is 27.8 Å². The fourth-order valence-electron chi connectivity index (χ4n) is 2.48.